The Hall–Kier alpha value is -2.08. The summed E-state index contributed by atoms with van der Waals surface area (Å²) >= 11 is 5.90. The third kappa shape index (κ3) is 4.69. The monoisotopic (exact) mass is 337 g/mol. The van der Waals surface area contributed by atoms with Crippen molar-refractivity contribution in [1.29, 1.82) is 0 Å². The van der Waals surface area contributed by atoms with Gasteiger partial charge in [-0.3, -0.25) is 4.79 Å². The van der Waals surface area contributed by atoms with Gasteiger partial charge in [0.25, 0.3) is 0 Å². The summed E-state index contributed by atoms with van der Waals surface area (Å²) in [5, 5.41) is 4.75. The summed E-state index contributed by atoms with van der Waals surface area (Å²) < 4.78 is 13.1. The molecule has 124 valence electrons. The number of hydrogen-bond donors (Lipinski definition) is 0. The fourth-order valence-corrected chi connectivity index (χ4v) is 2.22. The van der Waals surface area contributed by atoms with E-state index in [2.05, 4.69) is 10.1 Å². The maximum absolute atomic E-state index is 11.5. The van der Waals surface area contributed by atoms with Gasteiger partial charge in [-0.1, -0.05) is 32.4 Å². The minimum Gasteiger partial charge on any atom is -0.465 e. The van der Waals surface area contributed by atoms with Gasteiger partial charge in [0.2, 0.25) is 6.23 Å². The topological polar surface area (TPSA) is 66.2 Å². The highest BCUT2D eigenvalue weighted by atomic mass is 35.5. The molecule has 7 heteroatoms. The number of hydrogen-bond acceptors (Lipinski definition) is 5. The number of carbonyl (C=O) groups is 1. The Bertz CT molecular complexity index is 636. The zero-order valence-electron chi connectivity index (χ0n) is 13.6. The van der Waals surface area contributed by atoms with Gasteiger partial charge >= 0.3 is 5.97 Å². The van der Waals surface area contributed by atoms with Gasteiger partial charge < -0.3 is 9.47 Å². The number of halogens is 1. The van der Waals surface area contributed by atoms with Crippen molar-refractivity contribution in [3.05, 3.63) is 41.9 Å². The standard InChI is InChI=1S/C16H20ClN3O3/c1-11(21)22-14(16(2,3)4)15(20-10-18-9-19-20)23-13-7-5-12(17)6-8-13/h5-10,14-15H,1-4H3. The lowest BCUT2D eigenvalue weighted by Gasteiger charge is -2.35. The molecule has 1 aromatic carbocycles. The van der Waals surface area contributed by atoms with Gasteiger partial charge in [-0.05, 0) is 24.3 Å². The normalized spacial score (nSPS) is 14.1. The van der Waals surface area contributed by atoms with Crippen LogP contribution < -0.4 is 4.74 Å². The van der Waals surface area contributed by atoms with E-state index in [1.165, 1.54) is 24.3 Å². The van der Waals surface area contributed by atoms with E-state index in [4.69, 9.17) is 21.1 Å². The molecule has 0 aliphatic heterocycles. The number of rotatable bonds is 5. The zero-order valence-corrected chi connectivity index (χ0v) is 14.3. The minimum atomic E-state index is -0.650. The van der Waals surface area contributed by atoms with Gasteiger partial charge in [0.1, 0.15) is 18.4 Å². The molecule has 2 aromatic rings. The fourth-order valence-electron chi connectivity index (χ4n) is 2.10. The van der Waals surface area contributed by atoms with Crippen LogP contribution in [0.2, 0.25) is 5.02 Å². The molecule has 2 unspecified atom stereocenters. The Kier molecular flexibility index (Phi) is 5.26. The Morgan fingerprint density at radius 1 is 1.26 bits per heavy atom. The maximum Gasteiger partial charge on any atom is 0.303 e. The molecule has 2 rings (SSSR count). The molecule has 0 fully saturated rings. The third-order valence-corrected chi connectivity index (χ3v) is 3.43. The van der Waals surface area contributed by atoms with Crippen molar-refractivity contribution in [3.8, 4) is 5.75 Å². The lowest BCUT2D eigenvalue weighted by Crippen LogP contribution is -2.42. The molecule has 0 aliphatic rings. The molecule has 0 radical (unpaired) electrons. The number of ether oxygens (including phenoxy) is 2. The first kappa shape index (κ1) is 17.3. The Morgan fingerprint density at radius 3 is 2.39 bits per heavy atom. The average molecular weight is 338 g/mol. The molecule has 0 bridgehead atoms. The van der Waals surface area contributed by atoms with Crippen LogP contribution in [0.25, 0.3) is 0 Å². The molecule has 0 amide bonds. The van der Waals surface area contributed by atoms with Crippen LogP contribution in [0.3, 0.4) is 0 Å². The average Bonchev–Trinajstić information content (AvgIpc) is 2.97. The van der Waals surface area contributed by atoms with E-state index in [-0.39, 0.29) is 11.4 Å². The van der Waals surface area contributed by atoms with Crippen molar-refractivity contribution in [1.82, 2.24) is 14.8 Å². The molecule has 1 heterocycles. The van der Waals surface area contributed by atoms with Crippen molar-refractivity contribution in [3.63, 3.8) is 0 Å². The first-order valence-corrected chi connectivity index (χ1v) is 7.59. The largest absolute Gasteiger partial charge is 0.465 e. The van der Waals surface area contributed by atoms with Crippen molar-refractivity contribution in [2.24, 2.45) is 5.41 Å². The predicted octanol–water partition coefficient (Wildman–Crippen LogP) is 3.49. The molecular weight excluding hydrogens is 318 g/mol. The van der Waals surface area contributed by atoms with Crippen LogP contribution in [0, 0.1) is 5.41 Å². The van der Waals surface area contributed by atoms with Crippen molar-refractivity contribution >= 4 is 17.6 Å². The minimum absolute atomic E-state index is 0.366. The van der Waals surface area contributed by atoms with E-state index in [1.807, 2.05) is 20.8 Å². The number of carbonyl (C=O) groups excluding carboxylic acids is 1. The molecule has 6 nitrogen and oxygen atoms in total. The van der Waals surface area contributed by atoms with Crippen LogP contribution >= 0.6 is 11.6 Å². The zero-order chi connectivity index (χ0) is 17.0. The first-order chi connectivity index (χ1) is 10.8. The van der Waals surface area contributed by atoms with Gasteiger partial charge in [-0.15, -0.1) is 0 Å². The highest BCUT2D eigenvalue weighted by Gasteiger charge is 2.38. The second kappa shape index (κ2) is 7.00. The van der Waals surface area contributed by atoms with Gasteiger partial charge in [0, 0.05) is 17.4 Å². The van der Waals surface area contributed by atoms with Gasteiger partial charge in [-0.25, -0.2) is 9.67 Å². The van der Waals surface area contributed by atoms with Crippen LogP contribution in [0.15, 0.2) is 36.9 Å². The number of nitrogens with zero attached hydrogens (tertiary/aromatic N) is 3. The molecule has 23 heavy (non-hydrogen) atoms. The Labute approximate surface area is 140 Å². The second-order valence-electron chi connectivity index (χ2n) is 6.23. The van der Waals surface area contributed by atoms with Gasteiger partial charge in [0.15, 0.2) is 6.10 Å². The van der Waals surface area contributed by atoms with Gasteiger partial charge in [0.05, 0.1) is 0 Å². The summed E-state index contributed by atoms with van der Waals surface area (Å²) in [6.45, 7) is 7.28. The van der Waals surface area contributed by atoms with Crippen molar-refractivity contribution in [2.45, 2.75) is 40.0 Å². The molecule has 0 N–H and O–H groups in total. The van der Waals surface area contributed by atoms with E-state index in [1.54, 1.807) is 24.3 Å². The van der Waals surface area contributed by atoms with E-state index in [0.29, 0.717) is 10.8 Å². The molecule has 0 saturated carbocycles. The van der Waals surface area contributed by atoms with E-state index in [0.717, 1.165) is 0 Å². The summed E-state index contributed by atoms with van der Waals surface area (Å²) in [7, 11) is 0. The third-order valence-electron chi connectivity index (χ3n) is 3.17. The first-order valence-electron chi connectivity index (χ1n) is 7.21. The second-order valence-corrected chi connectivity index (χ2v) is 6.67. The van der Waals surface area contributed by atoms with Crippen LogP contribution in [-0.4, -0.2) is 26.8 Å². The van der Waals surface area contributed by atoms with Crippen molar-refractivity contribution < 1.29 is 14.3 Å². The molecular formula is C16H20ClN3O3. The highest BCUT2D eigenvalue weighted by molar-refractivity contribution is 6.30. The molecule has 0 aliphatic carbocycles. The van der Waals surface area contributed by atoms with E-state index < -0.39 is 12.3 Å². The Balaban J connectivity index is 2.36. The quantitative estimate of drug-likeness (QED) is 0.781. The number of esters is 1. The number of benzene rings is 1. The van der Waals surface area contributed by atoms with Crippen LogP contribution in [0.4, 0.5) is 0 Å². The van der Waals surface area contributed by atoms with Crippen molar-refractivity contribution in [2.75, 3.05) is 0 Å². The lowest BCUT2D eigenvalue weighted by atomic mass is 9.87. The van der Waals surface area contributed by atoms with Gasteiger partial charge in [-0.2, -0.15) is 5.10 Å². The van der Waals surface area contributed by atoms with Crippen LogP contribution in [-0.2, 0) is 9.53 Å². The Morgan fingerprint density at radius 2 is 1.91 bits per heavy atom. The molecule has 0 spiro atoms. The molecule has 2 atom stereocenters. The summed E-state index contributed by atoms with van der Waals surface area (Å²) in [6.07, 6.45) is 1.73. The lowest BCUT2D eigenvalue weighted by molar-refractivity contribution is -0.166. The SMILES string of the molecule is CC(=O)OC(C(Oc1ccc(Cl)cc1)n1cncn1)C(C)(C)C. The maximum atomic E-state index is 11.5. The summed E-state index contributed by atoms with van der Waals surface area (Å²) in [5.74, 6) is 0.214. The smallest absolute Gasteiger partial charge is 0.303 e. The summed E-state index contributed by atoms with van der Waals surface area (Å²) in [6, 6.07) is 6.96. The molecule has 0 saturated heterocycles. The summed E-state index contributed by atoms with van der Waals surface area (Å²) in [5.41, 5.74) is -0.366. The van der Waals surface area contributed by atoms with Crippen LogP contribution in [0.1, 0.15) is 33.9 Å². The fraction of sp³-hybridized carbons (Fsp3) is 0.438. The molecule has 1 aromatic heterocycles. The summed E-state index contributed by atoms with van der Waals surface area (Å²) in [4.78, 5) is 15.5. The van der Waals surface area contributed by atoms with E-state index >= 15 is 0 Å². The van der Waals surface area contributed by atoms with E-state index in [9.17, 15) is 4.79 Å². The highest BCUT2D eigenvalue weighted by Crippen LogP contribution is 2.33. The number of aromatic nitrogens is 3. The predicted molar refractivity (Wildman–Crippen MR) is 86.1 cm³/mol. The van der Waals surface area contributed by atoms with Crippen LogP contribution in [0.5, 0.6) is 5.75 Å².